The van der Waals surface area contributed by atoms with Crippen LogP contribution in [0.1, 0.15) is 25.7 Å². The molecule has 0 radical (unpaired) electrons. The third kappa shape index (κ3) is 2.12. The molecule has 0 bridgehead atoms. The van der Waals surface area contributed by atoms with Crippen LogP contribution in [-0.4, -0.2) is 29.0 Å². The van der Waals surface area contributed by atoms with Crippen molar-refractivity contribution in [1.29, 1.82) is 0 Å². The molecule has 0 amide bonds. The Bertz CT molecular complexity index is 490. The van der Waals surface area contributed by atoms with Gasteiger partial charge in [0.05, 0.1) is 18.0 Å². The first-order chi connectivity index (χ1) is 8.75. The molecular weight excluding hydrogens is 254 g/mol. The van der Waals surface area contributed by atoms with Gasteiger partial charge >= 0.3 is 0 Å². The van der Waals surface area contributed by atoms with Crippen LogP contribution >= 0.6 is 11.6 Å². The Balaban J connectivity index is 1.79. The topological polar surface area (TPSA) is 67.0 Å². The van der Waals surface area contributed by atoms with Gasteiger partial charge in [0, 0.05) is 18.6 Å². The molecule has 0 spiro atoms. The van der Waals surface area contributed by atoms with Crippen LogP contribution in [0.2, 0.25) is 5.02 Å². The van der Waals surface area contributed by atoms with Crippen molar-refractivity contribution in [3.63, 3.8) is 0 Å². The molecule has 1 aromatic rings. The van der Waals surface area contributed by atoms with Gasteiger partial charge in [0.2, 0.25) is 0 Å². The van der Waals surface area contributed by atoms with Gasteiger partial charge < -0.3 is 10.1 Å². The number of nitrogens with one attached hydrogen (secondary N) is 2. The minimum absolute atomic E-state index is 0.186. The Labute approximate surface area is 110 Å². The minimum atomic E-state index is -0.350. The lowest BCUT2D eigenvalue weighted by Crippen LogP contribution is -2.38. The molecule has 18 heavy (non-hydrogen) atoms. The van der Waals surface area contributed by atoms with Gasteiger partial charge in [-0.15, -0.1) is 0 Å². The van der Waals surface area contributed by atoms with E-state index in [9.17, 15) is 4.79 Å². The first-order valence-corrected chi connectivity index (χ1v) is 6.75. The smallest absolute Gasteiger partial charge is 0.285 e. The van der Waals surface area contributed by atoms with Crippen molar-refractivity contribution < 1.29 is 4.74 Å². The molecule has 1 aliphatic carbocycles. The van der Waals surface area contributed by atoms with Gasteiger partial charge in [0.25, 0.3) is 5.56 Å². The van der Waals surface area contributed by atoms with Gasteiger partial charge in [-0.3, -0.25) is 4.79 Å². The minimum Gasteiger partial charge on any atom is -0.379 e. The lowest BCUT2D eigenvalue weighted by molar-refractivity contribution is 0.0620. The van der Waals surface area contributed by atoms with Crippen molar-refractivity contribution in [3.8, 4) is 0 Å². The van der Waals surface area contributed by atoms with E-state index < -0.39 is 0 Å². The molecule has 5 nitrogen and oxygen atoms in total. The molecule has 1 aromatic heterocycles. The largest absolute Gasteiger partial charge is 0.379 e. The highest BCUT2D eigenvalue weighted by Crippen LogP contribution is 2.36. The first-order valence-electron chi connectivity index (χ1n) is 6.37. The second-order valence-corrected chi connectivity index (χ2v) is 5.35. The summed E-state index contributed by atoms with van der Waals surface area (Å²) in [6.45, 7) is 0.842. The van der Waals surface area contributed by atoms with Gasteiger partial charge in [-0.1, -0.05) is 11.6 Å². The fourth-order valence-corrected chi connectivity index (χ4v) is 3.18. The standard InChI is InChI=1S/C12H16ClN3O2/c13-11-9(6-14-16-12(11)17)15-8-2-1-3-10-7(8)4-5-18-10/h6-8,10H,1-5H2,(H2,15,16,17). The third-order valence-electron chi connectivity index (χ3n) is 3.92. The average molecular weight is 270 g/mol. The van der Waals surface area contributed by atoms with Crippen molar-refractivity contribution >= 4 is 17.3 Å². The zero-order chi connectivity index (χ0) is 12.5. The molecular formula is C12H16ClN3O2. The van der Waals surface area contributed by atoms with Crippen LogP contribution in [0.4, 0.5) is 5.69 Å². The summed E-state index contributed by atoms with van der Waals surface area (Å²) in [5.74, 6) is 0.522. The quantitative estimate of drug-likeness (QED) is 0.859. The summed E-state index contributed by atoms with van der Waals surface area (Å²) in [7, 11) is 0. The van der Waals surface area contributed by atoms with Crippen LogP contribution < -0.4 is 10.9 Å². The Kier molecular flexibility index (Phi) is 3.26. The highest BCUT2D eigenvalue weighted by atomic mass is 35.5. The Morgan fingerprint density at radius 3 is 3.22 bits per heavy atom. The zero-order valence-electron chi connectivity index (χ0n) is 9.99. The molecule has 0 aromatic carbocycles. The summed E-state index contributed by atoms with van der Waals surface area (Å²) in [6, 6.07) is 0.326. The van der Waals surface area contributed by atoms with E-state index in [1.54, 1.807) is 6.20 Å². The summed E-state index contributed by atoms with van der Waals surface area (Å²) in [5, 5.41) is 9.65. The molecule has 3 atom stereocenters. The highest BCUT2D eigenvalue weighted by Gasteiger charge is 2.37. The summed E-state index contributed by atoms with van der Waals surface area (Å²) in [6.07, 6.45) is 6.40. The SMILES string of the molecule is O=c1[nH]ncc(NC2CCCC3OCCC23)c1Cl. The normalized spacial score (nSPS) is 31.1. The maximum Gasteiger partial charge on any atom is 0.285 e. The van der Waals surface area contributed by atoms with Crippen molar-refractivity contribution in [2.24, 2.45) is 5.92 Å². The van der Waals surface area contributed by atoms with Crippen LogP contribution in [0.5, 0.6) is 0 Å². The van der Waals surface area contributed by atoms with Gasteiger partial charge in [-0.05, 0) is 25.7 Å². The van der Waals surface area contributed by atoms with E-state index in [1.807, 2.05) is 0 Å². The van der Waals surface area contributed by atoms with E-state index in [0.29, 0.717) is 23.8 Å². The van der Waals surface area contributed by atoms with E-state index in [1.165, 1.54) is 0 Å². The van der Waals surface area contributed by atoms with E-state index >= 15 is 0 Å². The Morgan fingerprint density at radius 1 is 1.44 bits per heavy atom. The summed E-state index contributed by atoms with van der Waals surface area (Å²) in [4.78, 5) is 11.4. The first kappa shape index (κ1) is 12.0. The number of hydrogen-bond acceptors (Lipinski definition) is 4. The van der Waals surface area contributed by atoms with E-state index in [-0.39, 0.29) is 10.6 Å². The number of anilines is 1. The molecule has 1 aliphatic heterocycles. The molecule has 2 N–H and O–H groups in total. The van der Waals surface area contributed by atoms with E-state index in [4.69, 9.17) is 16.3 Å². The highest BCUT2D eigenvalue weighted by molar-refractivity contribution is 6.32. The predicted molar refractivity (Wildman–Crippen MR) is 69.0 cm³/mol. The van der Waals surface area contributed by atoms with E-state index in [2.05, 4.69) is 15.5 Å². The zero-order valence-corrected chi connectivity index (χ0v) is 10.7. The maximum atomic E-state index is 11.4. The number of H-pyrrole nitrogens is 1. The molecule has 1 saturated carbocycles. The summed E-state index contributed by atoms with van der Waals surface area (Å²) < 4.78 is 5.72. The van der Waals surface area contributed by atoms with Crippen molar-refractivity contribution in [1.82, 2.24) is 10.2 Å². The van der Waals surface area contributed by atoms with Crippen molar-refractivity contribution in [3.05, 3.63) is 21.6 Å². The Hall–Kier alpha value is -1.07. The molecule has 2 aliphatic rings. The number of halogens is 1. The average Bonchev–Trinajstić information content (AvgIpc) is 2.84. The Morgan fingerprint density at radius 2 is 2.33 bits per heavy atom. The van der Waals surface area contributed by atoms with Crippen LogP contribution in [0.15, 0.2) is 11.0 Å². The monoisotopic (exact) mass is 269 g/mol. The van der Waals surface area contributed by atoms with E-state index in [0.717, 1.165) is 32.3 Å². The molecule has 1 saturated heterocycles. The van der Waals surface area contributed by atoms with Gasteiger partial charge in [0.1, 0.15) is 5.02 Å². The number of nitrogens with zero attached hydrogens (tertiary/aromatic N) is 1. The lowest BCUT2D eigenvalue weighted by atomic mass is 9.82. The second-order valence-electron chi connectivity index (χ2n) is 4.97. The van der Waals surface area contributed by atoms with Crippen LogP contribution in [-0.2, 0) is 4.74 Å². The molecule has 3 unspecified atom stereocenters. The summed E-state index contributed by atoms with van der Waals surface area (Å²) >= 11 is 5.98. The number of aromatic amines is 1. The molecule has 3 rings (SSSR count). The number of hydrogen-bond donors (Lipinski definition) is 2. The van der Waals surface area contributed by atoms with Crippen molar-refractivity contribution in [2.45, 2.75) is 37.8 Å². The van der Waals surface area contributed by atoms with Crippen molar-refractivity contribution in [2.75, 3.05) is 11.9 Å². The van der Waals surface area contributed by atoms with Gasteiger partial charge in [-0.25, -0.2) is 5.10 Å². The third-order valence-corrected chi connectivity index (χ3v) is 4.29. The lowest BCUT2D eigenvalue weighted by Gasteiger charge is -2.33. The van der Waals surface area contributed by atoms with Crippen LogP contribution in [0, 0.1) is 5.92 Å². The fraction of sp³-hybridized carbons (Fsp3) is 0.667. The fourth-order valence-electron chi connectivity index (χ4n) is 3.04. The molecule has 2 heterocycles. The molecule has 6 heteroatoms. The summed E-state index contributed by atoms with van der Waals surface area (Å²) in [5.41, 5.74) is 0.273. The van der Waals surface area contributed by atoms with Crippen LogP contribution in [0.25, 0.3) is 0 Å². The van der Waals surface area contributed by atoms with Gasteiger partial charge in [0.15, 0.2) is 0 Å². The maximum absolute atomic E-state index is 11.4. The van der Waals surface area contributed by atoms with Gasteiger partial charge in [-0.2, -0.15) is 5.10 Å². The number of fused-ring (bicyclic) bond motifs is 1. The molecule has 98 valence electrons. The predicted octanol–water partition coefficient (Wildman–Crippen LogP) is 1.79. The van der Waals surface area contributed by atoms with Crippen LogP contribution in [0.3, 0.4) is 0 Å². The second kappa shape index (κ2) is 4.90. The number of ether oxygens (including phenoxy) is 1. The number of rotatable bonds is 2. The molecule has 2 fully saturated rings. The number of aromatic nitrogens is 2.